The Morgan fingerprint density at radius 2 is 0.725 bits per heavy atom. The smallest absolute Gasteiger partial charge is 0.0506 e. The largest absolute Gasteiger partial charge is 0.256 e. The van der Waals surface area contributed by atoms with Gasteiger partial charge in [0.1, 0.15) is 0 Å². The summed E-state index contributed by atoms with van der Waals surface area (Å²) in [6, 6.07) is 50.6. The van der Waals surface area contributed by atoms with Crippen molar-refractivity contribution in [2.75, 3.05) is 23.8 Å². The second-order valence-corrected chi connectivity index (χ2v) is 16.3. The number of benzene rings is 4. The van der Waals surface area contributed by atoms with Crippen LogP contribution in [-0.2, 0) is 11.5 Å². The molecule has 5 aromatic rings. The fourth-order valence-corrected chi connectivity index (χ4v) is 11.9. The number of pyridine rings is 1. The Bertz CT molecular complexity index is 1220. The van der Waals surface area contributed by atoms with Crippen molar-refractivity contribution in [3.8, 4) is 0 Å². The molecule has 0 amide bonds. The summed E-state index contributed by atoms with van der Waals surface area (Å²) in [6.45, 7) is 0. The maximum absolute atomic E-state index is 5.01. The summed E-state index contributed by atoms with van der Waals surface area (Å²) < 4.78 is 0. The van der Waals surface area contributed by atoms with Crippen molar-refractivity contribution in [1.82, 2.24) is 4.98 Å². The van der Waals surface area contributed by atoms with Crippen molar-refractivity contribution in [2.45, 2.75) is 11.5 Å². The van der Waals surface area contributed by atoms with Gasteiger partial charge in [0.05, 0.1) is 11.4 Å². The van der Waals surface area contributed by atoms with Gasteiger partial charge in [-0.25, -0.2) is 0 Å². The quantitative estimate of drug-likeness (QED) is 0.0960. The molecule has 0 saturated carbocycles. The highest BCUT2D eigenvalue weighted by Gasteiger charge is 2.14. The highest BCUT2D eigenvalue weighted by Crippen LogP contribution is 2.35. The molecule has 202 valence electrons. The number of aromatic nitrogens is 1. The van der Waals surface area contributed by atoms with Crippen LogP contribution in [0.4, 0.5) is 0 Å². The molecule has 1 nitrogen and oxygen atoms in total. The molecule has 0 fully saturated rings. The lowest BCUT2D eigenvalue weighted by Crippen LogP contribution is -2.14. The molecule has 0 spiro atoms. The van der Waals surface area contributed by atoms with Gasteiger partial charge in [0.2, 0.25) is 0 Å². The zero-order valence-electron chi connectivity index (χ0n) is 22.7. The van der Waals surface area contributed by atoms with E-state index in [-0.39, 0.29) is 15.8 Å². The Morgan fingerprint density at radius 1 is 0.400 bits per heavy atom. The molecule has 5 rings (SSSR count). The van der Waals surface area contributed by atoms with Crippen molar-refractivity contribution in [3.63, 3.8) is 0 Å². The molecule has 4 aromatic carbocycles. The number of hydrogen-bond acceptors (Lipinski definition) is 3. The van der Waals surface area contributed by atoms with E-state index in [1.54, 1.807) is 0 Å². The van der Waals surface area contributed by atoms with E-state index in [2.05, 4.69) is 140 Å². The summed E-state index contributed by atoms with van der Waals surface area (Å²) in [5.74, 6) is 4.22. The summed E-state index contributed by atoms with van der Waals surface area (Å²) >= 11 is 4.02. The Balaban J connectivity index is 1.10. The van der Waals surface area contributed by atoms with Crippen LogP contribution in [0.3, 0.4) is 0 Å². The molecule has 0 aliphatic carbocycles. The SMILES string of the molecule is c1ccc(P(CCSCc2cccc(CSCCP(c3ccccc3)c3ccccc3)n2)c2ccccc2)cc1. The van der Waals surface area contributed by atoms with Gasteiger partial charge in [-0.3, -0.25) is 4.98 Å². The molecular formula is C35H35NP2S2. The average Bonchev–Trinajstić information content (AvgIpc) is 3.03. The molecule has 0 aliphatic rings. The van der Waals surface area contributed by atoms with Crippen LogP contribution in [0.5, 0.6) is 0 Å². The third-order valence-corrected chi connectivity index (χ3v) is 14.2. The van der Waals surface area contributed by atoms with Crippen LogP contribution in [0.25, 0.3) is 0 Å². The van der Waals surface area contributed by atoms with Crippen LogP contribution in [-0.4, -0.2) is 28.8 Å². The predicted molar refractivity (Wildman–Crippen MR) is 184 cm³/mol. The monoisotopic (exact) mass is 595 g/mol. The van der Waals surface area contributed by atoms with Gasteiger partial charge in [0, 0.05) is 11.5 Å². The van der Waals surface area contributed by atoms with Crippen LogP contribution in [0, 0.1) is 0 Å². The Morgan fingerprint density at radius 3 is 1.05 bits per heavy atom. The van der Waals surface area contributed by atoms with Gasteiger partial charge in [0.15, 0.2) is 0 Å². The van der Waals surface area contributed by atoms with Crippen molar-refractivity contribution in [2.24, 2.45) is 0 Å². The molecule has 0 aliphatic heterocycles. The molecule has 0 saturated heterocycles. The molecule has 0 radical (unpaired) electrons. The predicted octanol–water partition coefficient (Wildman–Crippen LogP) is 7.81. The minimum atomic E-state index is -0.330. The van der Waals surface area contributed by atoms with Gasteiger partial charge in [-0.15, -0.1) is 0 Å². The van der Waals surface area contributed by atoms with Crippen molar-refractivity contribution in [1.29, 1.82) is 0 Å². The second kappa shape index (κ2) is 16.1. The summed E-state index contributed by atoms with van der Waals surface area (Å²) in [7, 11) is -0.660. The average molecular weight is 596 g/mol. The van der Waals surface area contributed by atoms with Gasteiger partial charge in [0.25, 0.3) is 0 Å². The first-order chi connectivity index (χ1) is 19.9. The maximum atomic E-state index is 5.01. The summed E-state index contributed by atoms with van der Waals surface area (Å²) in [5.41, 5.74) is 2.39. The van der Waals surface area contributed by atoms with E-state index in [1.807, 2.05) is 23.5 Å². The zero-order chi connectivity index (χ0) is 27.2. The molecule has 0 bridgehead atoms. The highest BCUT2D eigenvalue weighted by atomic mass is 32.2. The summed E-state index contributed by atoms with van der Waals surface area (Å²) in [5, 5.41) is 5.85. The maximum Gasteiger partial charge on any atom is 0.0506 e. The third-order valence-electron chi connectivity index (χ3n) is 6.55. The van der Waals surface area contributed by atoms with Gasteiger partial charge in [-0.2, -0.15) is 23.5 Å². The van der Waals surface area contributed by atoms with E-state index >= 15 is 0 Å². The number of thioether (sulfide) groups is 2. The Hall–Kier alpha value is -2.41. The van der Waals surface area contributed by atoms with Crippen LogP contribution < -0.4 is 21.2 Å². The molecule has 0 N–H and O–H groups in total. The van der Waals surface area contributed by atoms with Crippen LogP contribution >= 0.6 is 39.4 Å². The normalized spacial score (nSPS) is 11.2. The molecule has 0 atom stereocenters. The highest BCUT2D eigenvalue weighted by molar-refractivity contribution is 7.99. The molecule has 1 aromatic heterocycles. The number of nitrogens with zero attached hydrogens (tertiary/aromatic N) is 1. The zero-order valence-corrected chi connectivity index (χ0v) is 26.1. The first-order valence-electron chi connectivity index (χ1n) is 13.7. The lowest BCUT2D eigenvalue weighted by atomic mass is 10.3. The standard InChI is InChI=1S/C35H35NP2S2/c1-5-16-32(17-6-1)37(33-18-7-2-8-19-33)24-26-39-28-30-14-13-15-31(36-30)29-40-27-25-38(34-20-9-3-10-21-34)35-22-11-4-12-23-35/h1-23H,24-29H2. The van der Waals surface area contributed by atoms with Gasteiger partial charge < -0.3 is 0 Å². The van der Waals surface area contributed by atoms with E-state index < -0.39 is 0 Å². The molecule has 5 heteroatoms. The van der Waals surface area contributed by atoms with E-state index in [4.69, 9.17) is 4.98 Å². The fourth-order valence-electron chi connectivity index (χ4n) is 4.60. The molecule has 1 heterocycles. The fraction of sp³-hybridized carbons (Fsp3) is 0.171. The lowest BCUT2D eigenvalue weighted by molar-refractivity contribution is 1.09. The minimum Gasteiger partial charge on any atom is -0.256 e. The van der Waals surface area contributed by atoms with Gasteiger partial charge >= 0.3 is 0 Å². The van der Waals surface area contributed by atoms with E-state index in [9.17, 15) is 0 Å². The van der Waals surface area contributed by atoms with Crippen molar-refractivity contribution >= 4 is 60.6 Å². The third kappa shape index (κ3) is 8.79. The number of hydrogen-bond donors (Lipinski definition) is 0. The van der Waals surface area contributed by atoms with Gasteiger partial charge in [-0.05, 0) is 73.0 Å². The molecule has 40 heavy (non-hydrogen) atoms. The molecular weight excluding hydrogens is 560 g/mol. The van der Waals surface area contributed by atoms with Crippen LogP contribution in [0.1, 0.15) is 11.4 Å². The van der Waals surface area contributed by atoms with E-state index in [1.165, 1.54) is 44.9 Å². The summed E-state index contributed by atoms with van der Waals surface area (Å²) in [6.07, 6.45) is 2.38. The Kier molecular flexibility index (Phi) is 11.7. The second-order valence-electron chi connectivity index (χ2n) is 9.37. The first-order valence-corrected chi connectivity index (χ1v) is 19.1. The van der Waals surface area contributed by atoms with E-state index in [0.29, 0.717) is 0 Å². The topological polar surface area (TPSA) is 12.9 Å². The Labute approximate surface area is 250 Å². The molecule has 0 unspecified atom stereocenters. The van der Waals surface area contributed by atoms with Crippen molar-refractivity contribution < 1.29 is 0 Å². The minimum absolute atomic E-state index is 0.330. The van der Waals surface area contributed by atoms with Crippen molar-refractivity contribution in [3.05, 3.63) is 151 Å². The van der Waals surface area contributed by atoms with Crippen LogP contribution in [0.2, 0.25) is 0 Å². The van der Waals surface area contributed by atoms with E-state index in [0.717, 1.165) is 23.0 Å². The first kappa shape index (κ1) is 29.1. The van der Waals surface area contributed by atoms with Gasteiger partial charge in [-0.1, -0.05) is 127 Å². The van der Waals surface area contributed by atoms with Crippen LogP contribution in [0.15, 0.2) is 140 Å². The summed E-state index contributed by atoms with van der Waals surface area (Å²) in [4.78, 5) is 5.01. The lowest BCUT2D eigenvalue weighted by Gasteiger charge is -2.18. The number of rotatable bonds is 14.